The van der Waals surface area contributed by atoms with E-state index in [1.807, 2.05) is 0 Å². The van der Waals surface area contributed by atoms with E-state index in [0.29, 0.717) is 12.5 Å². The van der Waals surface area contributed by atoms with E-state index in [2.05, 4.69) is 51.6 Å². The average Bonchev–Trinajstić information content (AvgIpc) is 2.77. The number of hydrogen-bond donors (Lipinski definition) is 0. The molecule has 1 saturated carbocycles. The lowest BCUT2D eigenvalue weighted by Crippen LogP contribution is -2.55. The van der Waals surface area contributed by atoms with Crippen LogP contribution in [0.5, 0.6) is 0 Å². The number of piperazine rings is 2. The van der Waals surface area contributed by atoms with Crippen molar-refractivity contribution in [3.63, 3.8) is 0 Å². The Morgan fingerprint density at radius 2 is 1.59 bits per heavy atom. The van der Waals surface area contributed by atoms with Gasteiger partial charge in [-0.3, -0.25) is 14.6 Å². The van der Waals surface area contributed by atoms with Crippen LogP contribution in [-0.2, 0) is 4.79 Å². The smallest absolute Gasteiger partial charge is 0.236 e. The maximum Gasteiger partial charge on any atom is 0.236 e. The molecule has 3 aliphatic rings. The van der Waals surface area contributed by atoms with Crippen LogP contribution in [0.3, 0.4) is 0 Å². The van der Waals surface area contributed by atoms with E-state index in [1.54, 1.807) is 0 Å². The normalized spacial score (nSPS) is 22.8. The molecule has 160 valence electrons. The van der Waals surface area contributed by atoms with Crippen LogP contribution in [0.2, 0.25) is 0 Å². The van der Waals surface area contributed by atoms with Crippen LogP contribution in [0, 0.1) is 13.8 Å². The van der Waals surface area contributed by atoms with Crippen molar-refractivity contribution >= 4 is 11.6 Å². The summed E-state index contributed by atoms with van der Waals surface area (Å²) in [4.78, 5) is 22.4. The highest BCUT2D eigenvalue weighted by molar-refractivity contribution is 5.78. The molecule has 0 spiro atoms. The molecule has 3 fully saturated rings. The molecular formula is C24H38N4O. The molecule has 0 unspecified atom stereocenters. The Labute approximate surface area is 176 Å². The van der Waals surface area contributed by atoms with Crippen molar-refractivity contribution in [1.82, 2.24) is 14.7 Å². The second-order valence-corrected chi connectivity index (χ2v) is 9.26. The van der Waals surface area contributed by atoms with E-state index in [4.69, 9.17) is 0 Å². The van der Waals surface area contributed by atoms with Crippen LogP contribution >= 0.6 is 0 Å². The first-order chi connectivity index (χ1) is 14.1. The maximum atomic E-state index is 12.9. The number of carbonyl (C=O) groups excluding carboxylic acids is 1. The van der Waals surface area contributed by atoms with Crippen molar-refractivity contribution < 1.29 is 4.79 Å². The van der Waals surface area contributed by atoms with Crippen molar-refractivity contribution in [3.05, 3.63) is 29.3 Å². The summed E-state index contributed by atoms with van der Waals surface area (Å²) < 4.78 is 0. The monoisotopic (exact) mass is 398 g/mol. The van der Waals surface area contributed by atoms with Gasteiger partial charge in [-0.1, -0.05) is 31.4 Å². The highest BCUT2D eigenvalue weighted by atomic mass is 16.2. The van der Waals surface area contributed by atoms with E-state index < -0.39 is 0 Å². The summed E-state index contributed by atoms with van der Waals surface area (Å²) >= 11 is 0. The molecule has 0 radical (unpaired) electrons. The molecule has 0 aromatic heterocycles. The molecule has 1 amide bonds. The number of amides is 1. The molecule has 5 nitrogen and oxygen atoms in total. The first-order valence-corrected chi connectivity index (χ1v) is 11.7. The molecule has 1 aliphatic carbocycles. The zero-order valence-corrected chi connectivity index (χ0v) is 18.4. The Bertz CT molecular complexity index is 684. The predicted molar refractivity (Wildman–Crippen MR) is 120 cm³/mol. The van der Waals surface area contributed by atoms with E-state index >= 15 is 0 Å². The minimum atomic E-state index is 0.327. The summed E-state index contributed by atoms with van der Waals surface area (Å²) in [5.74, 6) is 0.327. The van der Waals surface area contributed by atoms with E-state index in [1.165, 1.54) is 48.9 Å². The third kappa shape index (κ3) is 5.13. The molecule has 2 saturated heterocycles. The summed E-state index contributed by atoms with van der Waals surface area (Å²) in [7, 11) is 0. The van der Waals surface area contributed by atoms with Gasteiger partial charge in [-0.15, -0.1) is 0 Å². The van der Waals surface area contributed by atoms with E-state index in [9.17, 15) is 4.79 Å². The van der Waals surface area contributed by atoms with Crippen LogP contribution < -0.4 is 4.90 Å². The molecule has 29 heavy (non-hydrogen) atoms. The molecule has 5 heteroatoms. The zero-order chi connectivity index (χ0) is 20.2. The van der Waals surface area contributed by atoms with Gasteiger partial charge >= 0.3 is 0 Å². The Morgan fingerprint density at radius 3 is 2.28 bits per heavy atom. The Morgan fingerprint density at radius 1 is 0.897 bits per heavy atom. The second kappa shape index (κ2) is 9.48. The van der Waals surface area contributed by atoms with Gasteiger partial charge in [0.1, 0.15) is 0 Å². The largest absolute Gasteiger partial charge is 0.369 e. The SMILES string of the molecule is Cc1ccc(C)c(N2CCN(CC(=O)N3CCN(C4CCCCC4)CC3)CC2)c1. The number of anilines is 1. The predicted octanol–water partition coefficient (Wildman–Crippen LogP) is 2.90. The fraction of sp³-hybridized carbons (Fsp3) is 0.708. The number of hydrogen-bond acceptors (Lipinski definition) is 4. The molecule has 2 aliphatic heterocycles. The molecule has 0 N–H and O–H groups in total. The fourth-order valence-corrected chi connectivity index (χ4v) is 5.28. The molecule has 2 heterocycles. The average molecular weight is 399 g/mol. The van der Waals surface area contributed by atoms with Crippen LogP contribution in [0.1, 0.15) is 43.2 Å². The van der Waals surface area contributed by atoms with Gasteiger partial charge in [-0.2, -0.15) is 0 Å². The summed E-state index contributed by atoms with van der Waals surface area (Å²) in [6.45, 7) is 12.9. The van der Waals surface area contributed by atoms with Crippen LogP contribution in [0.15, 0.2) is 18.2 Å². The molecule has 0 atom stereocenters. The quantitative estimate of drug-likeness (QED) is 0.780. The van der Waals surface area contributed by atoms with Crippen LogP contribution in [0.25, 0.3) is 0 Å². The Kier molecular flexibility index (Phi) is 6.76. The topological polar surface area (TPSA) is 30.0 Å². The van der Waals surface area contributed by atoms with E-state index in [-0.39, 0.29) is 0 Å². The molecule has 1 aromatic rings. The lowest BCUT2D eigenvalue weighted by atomic mass is 9.94. The lowest BCUT2D eigenvalue weighted by molar-refractivity contribution is -0.134. The minimum absolute atomic E-state index is 0.327. The second-order valence-electron chi connectivity index (χ2n) is 9.26. The first-order valence-electron chi connectivity index (χ1n) is 11.7. The number of benzene rings is 1. The van der Waals surface area contributed by atoms with Gasteiger partial charge in [0, 0.05) is 64.1 Å². The number of aryl methyl sites for hydroxylation is 2. The number of rotatable bonds is 4. The van der Waals surface area contributed by atoms with E-state index in [0.717, 1.165) is 58.4 Å². The van der Waals surface area contributed by atoms with Gasteiger partial charge in [-0.25, -0.2) is 0 Å². The molecule has 4 rings (SSSR count). The standard InChI is InChI=1S/C24H38N4O/c1-20-8-9-21(2)23(18-20)27-12-10-25(11-13-27)19-24(29)28-16-14-26(15-17-28)22-6-4-3-5-7-22/h8-9,18,22H,3-7,10-17,19H2,1-2H3. The fourth-order valence-electron chi connectivity index (χ4n) is 5.28. The van der Waals surface area contributed by atoms with Gasteiger partial charge in [0.05, 0.1) is 6.54 Å². The third-order valence-electron chi connectivity index (χ3n) is 7.19. The summed E-state index contributed by atoms with van der Waals surface area (Å²) in [6, 6.07) is 7.47. The first kappa shape index (κ1) is 20.7. The van der Waals surface area contributed by atoms with Crippen molar-refractivity contribution in [2.24, 2.45) is 0 Å². The summed E-state index contributed by atoms with van der Waals surface area (Å²) in [5.41, 5.74) is 4.02. The van der Waals surface area contributed by atoms with Crippen LogP contribution in [0.4, 0.5) is 5.69 Å². The Balaban J connectivity index is 1.21. The van der Waals surface area contributed by atoms with Crippen LogP contribution in [-0.4, -0.2) is 85.6 Å². The summed E-state index contributed by atoms with van der Waals surface area (Å²) in [5, 5.41) is 0. The van der Waals surface area contributed by atoms with Gasteiger partial charge in [0.2, 0.25) is 5.91 Å². The minimum Gasteiger partial charge on any atom is -0.369 e. The zero-order valence-electron chi connectivity index (χ0n) is 18.4. The molecule has 0 bridgehead atoms. The van der Waals surface area contributed by atoms with Gasteiger partial charge < -0.3 is 9.80 Å². The van der Waals surface area contributed by atoms with Crippen molar-refractivity contribution in [2.45, 2.75) is 52.0 Å². The number of nitrogens with zero attached hydrogens (tertiary/aromatic N) is 4. The van der Waals surface area contributed by atoms with Gasteiger partial charge in [-0.05, 0) is 43.9 Å². The maximum absolute atomic E-state index is 12.9. The Hall–Kier alpha value is -1.59. The summed E-state index contributed by atoms with van der Waals surface area (Å²) in [6.07, 6.45) is 6.90. The third-order valence-corrected chi connectivity index (χ3v) is 7.19. The number of carbonyl (C=O) groups is 1. The lowest BCUT2D eigenvalue weighted by Gasteiger charge is -2.42. The van der Waals surface area contributed by atoms with Crippen molar-refractivity contribution in [1.29, 1.82) is 0 Å². The van der Waals surface area contributed by atoms with Gasteiger partial charge in [0.25, 0.3) is 0 Å². The highest BCUT2D eigenvalue weighted by Gasteiger charge is 2.28. The van der Waals surface area contributed by atoms with Gasteiger partial charge in [0.15, 0.2) is 0 Å². The molecule has 1 aromatic carbocycles. The molecular weight excluding hydrogens is 360 g/mol. The van der Waals surface area contributed by atoms with Crippen molar-refractivity contribution in [3.8, 4) is 0 Å². The van der Waals surface area contributed by atoms with Crippen molar-refractivity contribution in [2.75, 3.05) is 63.8 Å². The highest BCUT2D eigenvalue weighted by Crippen LogP contribution is 2.24.